The largest absolute Gasteiger partial charge is 0.462 e. The van der Waals surface area contributed by atoms with Crippen LogP contribution in [0.3, 0.4) is 0 Å². The molecule has 0 aliphatic rings. The molecule has 0 atom stereocenters. The number of para-hydroxylation sites is 1. The van der Waals surface area contributed by atoms with Crippen molar-refractivity contribution in [2.24, 2.45) is 0 Å². The number of hydrogen-bond donors (Lipinski definition) is 0. The van der Waals surface area contributed by atoms with Crippen LogP contribution in [0.15, 0.2) is 42.5 Å². The number of benzene rings is 2. The number of hydrogen-bond acceptors (Lipinski definition) is 8. The van der Waals surface area contributed by atoms with E-state index >= 15 is 0 Å². The standard InChI is InChI=1S/C27H29F2N3O6S/c1-5-14-38-27(34)31(16-18-20(28)11-9-12-21(18)29)25-23(26(33)37-6-2)19(15-30(3)4)24(39-25)17-10-7-8-13-22(17)32(35)36/h7-13H,5-6,14-16H2,1-4H3. The van der Waals surface area contributed by atoms with Crippen LogP contribution in [0.1, 0.15) is 41.8 Å². The molecule has 1 heterocycles. The average molecular weight is 562 g/mol. The lowest BCUT2D eigenvalue weighted by atomic mass is 10.0. The number of esters is 1. The highest BCUT2D eigenvalue weighted by atomic mass is 32.1. The molecule has 0 aliphatic carbocycles. The fraction of sp³-hybridized carbons (Fsp3) is 0.333. The minimum atomic E-state index is -0.934. The summed E-state index contributed by atoms with van der Waals surface area (Å²) >= 11 is 0.916. The molecule has 2 aromatic carbocycles. The Bertz CT molecular complexity index is 1340. The number of anilines is 1. The molecule has 0 unspecified atom stereocenters. The maximum absolute atomic E-state index is 14.7. The van der Waals surface area contributed by atoms with E-state index in [-0.39, 0.29) is 41.6 Å². The third kappa shape index (κ3) is 6.76. The van der Waals surface area contributed by atoms with E-state index < -0.39 is 40.7 Å². The Hall–Kier alpha value is -3.90. The van der Waals surface area contributed by atoms with Crippen LogP contribution in [0.5, 0.6) is 0 Å². The molecule has 0 aliphatic heterocycles. The molecule has 39 heavy (non-hydrogen) atoms. The highest BCUT2D eigenvalue weighted by Gasteiger charge is 2.34. The van der Waals surface area contributed by atoms with Crippen molar-refractivity contribution < 1.29 is 32.8 Å². The molecule has 3 aromatic rings. The van der Waals surface area contributed by atoms with Crippen molar-refractivity contribution >= 4 is 34.1 Å². The SMILES string of the molecule is CCCOC(=O)N(Cc1c(F)cccc1F)c1sc(-c2ccccc2[N+](=O)[O-])c(CN(C)C)c1C(=O)OCC. The quantitative estimate of drug-likeness (QED) is 0.152. The molecule has 208 valence electrons. The first-order valence-electron chi connectivity index (χ1n) is 12.2. The van der Waals surface area contributed by atoms with E-state index in [0.717, 1.165) is 28.4 Å². The van der Waals surface area contributed by atoms with Crippen molar-refractivity contribution in [1.29, 1.82) is 0 Å². The minimum absolute atomic E-state index is 0.00204. The van der Waals surface area contributed by atoms with Crippen LogP contribution in [-0.2, 0) is 22.6 Å². The molecule has 0 bridgehead atoms. The second kappa shape index (κ2) is 13.3. The summed E-state index contributed by atoms with van der Waals surface area (Å²) in [4.78, 5) is 41.1. The zero-order valence-corrected chi connectivity index (χ0v) is 22.8. The van der Waals surface area contributed by atoms with Crippen LogP contribution in [0, 0.1) is 21.7 Å². The zero-order chi connectivity index (χ0) is 28.7. The number of halogens is 2. The molecule has 12 heteroatoms. The number of carbonyl (C=O) groups is 2. The number of thiophene rings is 1. The van der Waals surface area contributed by atoms with Gasteiger partial charge in [0.1, 0.15) is 16.6 Å². The summed E-state index contributed by atoms with van der Waals surface area (Å²) in [7, 11) is 3.49. The number of rotatable bonds is 11. The summed E-state index contributed by atoms with van der Waals surface area (Å²) in [5.74, 6) is -2.55. The third-order valence-electron chi connectivity index (χ3n) is 5.56. The molecule has 0 radical (unpaired) electrons. The predicted octanol–water partition coefficient (Wildman–Crippen LogP) is 6.39. The Morgan fingerprint density at radius 2 is 1.64 bits per heavy atom. The Balaban J connectivity index is 2.36. The van der Waals surface area contributed by atoms with Gasteiger partial charge >= 0.3 is 12.1 Å². The molecule has 1 amide bonds. The fourth-order valence-electron chi connectivity index (χ4n) is 3.89. The predicted molar refractivity (Wildman–Crippen MR) is 144 cm³/mol. The first-order valence-corrected chi connectivity index (χ1v) is 13.0. The van der Waals surface area contributed by atoms with E-state index in [9.17, 15) is 28.5 Å². The molecule has 1 aromatic heterocycles. The lowest BCUT2D eigenvalue weighted by Crippen LogP contribution is -2.33. The molecule has 0 saturated heterocycles. The number of amides is 1. The Kier molecular flexibility index (Phi) is 10.1. The summed E-state index contributed by atoms with van der Waals surface area (Å²) in [6.45, 7) is 2.99. The highest BCUT2D eigenvalue weighted by molar-refractivity contribution is 7.20. The number of ether oxygens (including phenoxy) is 2. The van der Waals surface area contributed by atoms with Gasteiger partial charge in [0.15, 0.2) is 0 Å². The summed E-state index contributed by atoms with van der Waals surface area (Å²) in [6.07, 6.45) is -0.451. The van der Waals surface area contributed by atoms with Crippen molar-refractivity contribution in [2.45, 2.75) is 33.4 Å². The van der Waals surface area contributed by atoms with Gasteiger partial charge < -0.3 is 14.4 Å². The first-order chi connectivity index (χ1) is 18.6. The molecular formula is C27H29F2N3O6S. The van der Waals surface area contributed by atoms with Crippen molar-refractivity contribution in [1.82, 2.24) is 4.90 Å². The van der Waals surface area contributed by atoms with Crippen LogP contribution < -0.4 is 4.90 Å². The van der Waals surface area contributed by atoms with Crippen LogP contribution in [0.4, 0.5) is 24.3 Å². The second-order valence-electron chi connectivity index (χ2n) is 8.72. The molecule has 0 spiro atoms. The van der Waals surface area contributed by atoms with Gasteiger partial charge in [0.25, 0.3) is 5.69 Å². The maximum atomic E-state index is 14.7. The monoisotopic (exact) mass is 561 g/mol. The van der Waals surface area contributed by atoms with Crippen molar-refractivity contribution in [3.63, 3.8) is 0 Å². The fourth-order valence-corrected chi connectivity index (χ4v) is 5.22. The lowest BCUT2D eigenvalue weighted by Gasteiger charge is -2.23. The molecule has 0 N–H and O–H groups in total. The van der Waals surface area contributed by atoms with Crippen molar-refractivity contribution in [2.75, 3.05) is 32.2 Å². The number of nitrogens with zero attached hydrogens (tertiary/aromatic N) is 3. The van der Waals surface area contributed by atoms with E-state index in [4.69, 9.17) is 9.47 Å². The van der Waals surface area contributed by atoms with E-state index in [1.54, 1.807) is 38.9 Å². The average Bonchev–Trinajstić information content (AvgIpc) is 3.25. The van der Waals surface area contributed by atoms with Gasteiger partial charge in [0, 0.05) is 28.6 Å². The number of carbonyl (C=O) groups excluding carboxylic acids is 2. The topological polar surface area (TPSA) is 102 Å². The van der Waals surface area contributed by atoms with Gasteiger partial charge in [-0.15, -0.1) is 11.3 Å². The zero-order valence-electron chi connectivity index (χ0n) is 22.0. The van der Waals surface area contributed by atoms with Gasteiger partial charge in [-0.2, -0.15) is 0 Å². The summed E-state index contributed by atoms with van der Waals surface area (Å²) in [5.41, 5.74) is -0.0550. The van der Waals surface area contributed by atoms with E-state index in [1.165, 1.54) is 24.3 Å². The van der Waals surface area contributed by atoms with Gasteiger partial charge in [-0.3, -0.25) is 15.0 Å². The van der Waals surface area contributed by atoms with Crippen LogP contribution in [0.2, 0.25) is 0 Å². The second-order valence-corrected chi connectivity index (χ2v) is 9.72. The number of nitro groups is 1. The summed E-state index contributed by atoms with van der Waals surface area (Å²) in [6, 6.07) is 9.33. The molecule has 0 saturated carbocycles. The van der Waals surface area contributed by atoms with Gasteiger partial charge in [-0.05, 0) is 45.6 Å². The van der Waals surface area contributed by atoms with Gasteiger partial charge in [0.2, 0.25) is 0 Å². The molecule has 0 fully saturated rings. The van der Waals surface area contributed by atoms with Crippen LogP contribution in [0.25, 0.3) is 10.4 Å². The lowest BCUT2D eigenvalue weighted by molar-refractivity contribution is -0.384. The smallest absolute Gasteiger partial charge is 0.415 e. The molecule has 3 rings (SSSR count). The van der Waals surface area contributed by atoms with E-state index in [1.807, 2.05) is 0 Å². The third-order valence-corrected chi connectivity index (χ3v) is 6.85. The summed E-state index contributed by atoms with van der Waals surface area (Å²) in [5, 5.41) is 11.9. The van der Waals surface area contributed by atoms with Gasteiger partial charge in [0.05, 0.1) is 35.8 Å². The van der Waals surface area contributed by atoms with Crippen LogP contribution in [-0.4, -0.2) is 49.2 Å². The van der Waals surface area contributed by atoms with Crippen LogP contribution >= 0.6 is 11.3 Å². The Morgan fingerprint density at radius 3 is 2.23 bits per heavy atom. The molecule has 9 nitrogen and oxygen atoms in total. The summed E-state index contributed by atoms with van der Waals surface area (Å²) < 4.78 is 40.0. The Labute approximate surface area is 228 Å². The minimum Gasteiger partial charge on any atom is -0.462 e. The van der Waals surface area contributed by atoms with Gasteiger partial charge in [-0.25, -0.2) is 18.4 Å². The van der Waals surface area contributed by atoms with Crippen molar-refractivity contribution in [3.05, 3.63) is 80.9 Å². The Morgan fingerprint density at radius 1 is 0.974 bits per heavy atom. The highest BCUT2D eigenvalue weighted by Crippen LogP contribution is 2.46. The van der Waals surface area contributed by atoms with E-state index in [0.29, 0.717) is 16.9 Å². The number of nitro benzene ring substituents is 1. The maximum Gasteiger partial charge on any atom is 0.415 e. The van der Waals surface area contributed by atoms with Crippen molar-refractivity contribution in [3.8, 4) is 10.4 Å². The van der Waals surface area contributed by atoms with E-state index in [2.05, 4.69) is 0 Å². The molecular weight excluding hydrogens is 532 g/mol. The van der Waals surface area contributed by atoms with Gasteiger partial charge in [-0.1, -0.05) is 25.1 Å². The first kappa shape index (κ1) is 29.7. The normalized spacial score (nSPS) is 10.9.